The Balaban J connectivity index is 1.58. The second-order valence-corrected chi connectivity index (χ2v) is 6.32. The van der Waals surface area contributed by atoms with Gasteiger partial charge in [-0.25, -0.2) is 4.39 Å². The summed E-state index contributed by atoms with van der Waals surface area (Å²) in [6.07, 6.45) is 5.56. The van der Waals surface area contributed by atoms with Crippen LogP contribution in [0, 0.1) is 5.82 Å². The van der Waals surface area contributed by atoms with Crippen LogP contribution in [0.3, 0.4) is 0 Å². The van der Waals surface area contributed by atoms with Gasteiger partial charge in [-0.15, -0.1) is 10.2 Å². The molecule has 4 heterocycles. The lowest BCUT2D eigenvalue weighted by Gasteiger charge is -2.05. The highest BCUT2D eigenvalue weighted by Crippen LogP contribution is 2.21. The first-order valence-electron chi connectivity index (χ1n) is 8.41. The number of aryl methyl sites for hydroxylation is 1. The van der Waals surface area contributed by atoms with Crippen LogP contribution in [0.5, 0.6) is 0 Å². The van der Waals surface area contributed by atoms with Crippen molar-refractivity contribution < 1.29 is 4.39 Å². The largest absolute Gasteiger partial charge is 0.275 e. The Hall–Kier alpha value is -3.68. The minimum Gasteiger partial charge on any atom is -0.275 e. The molecule has 0 fully saturated rings. The first-order chi connectivity index (χ1) is 13.2. The highest BCUT2D eigenvalue weighted by molar-refractivity contribution is 5.79. The molecule has 0 saturated carbocycles. The summed E-state index contributed by atoms with van der Waals surface area (Å²) in [4.78, 5) is 4.18. The van der Waals surface area contributed by atoms with Crippen molar-refractivity contribution in [2.24, 2.45) is 7.05 Å². The van der Waals surface area contributed by atoms with Crippen molar-refractivity contribution >= 4 is 16.6 Å². The molecule has 0 aliphatic rings. The summed E-state index contributed by atoms with van der Waals surface area (Å²) in [6, 6.07) is 10.7. The summed E-state index contributed by atoms with van der Waals surface area (Å²) in [7, 11) is 1.85. The van der Waals surface area contributed by atoms with E-state index in [0.29, 0.717) is 22.6 Å². The molecule has 0 N–H and O–H groups in total. The SMILES string of the molecule is Cn1cc(-c2ccc3nnc(Cc4cc5cccnc5cc4F)n3n2)cn1. The van der Waals surface area contributed by atoms with E-state index in [2.05, 4.69) is 25.4 Å². The van der Waals surface area contributed by atoms with Gasteiger partial charge in [0.2, 0.25) is 0 Å². The maximum atomic E-state index is 14.5. The number of fused-ring (bicyclic) bond motifs is 2. The van der Waals surface area contributed by atoms with Crippen LogP contribution in [0.2, 0.25) is 0 Å². The number of pyridine rings is 1. The van der Waals surface area contributed by atoms with E-state index >= 15 is 0 Å². The van der Waals surface area contributed by atoms with Gasteiger partial charge in [0.1, 0.15) is 5.82 Å². The summed E-state index contributed by atoms with van der Waals surface area (Å²) in [5, 5.41) is 18.0. The molecular weight excluding hydrogens is 345 g/mol. The third kappa shape index (κ3) is 2.71. The molecule has 0 aliphatic carbocycles. The summed E-state index contributed by atoms with van der Waals surface area (Å²) < 4.78 is 17.9. The van der Waals surface area contributed by atoms with E-state index in [0.717, 1.165) is 16.6 Å². The first kappa shape index (κ1) is 15.6. The van der Waals surface area contributed by atoms with Gasteiger partial charge in [-0.1, -0.05) is 6.07 Å². The second-order valence-electron chi connectivity index (χ2n) is 6.32. The molecule has 27 heavy (non-hydrogen) atoms. The molecule has 0 radical (unpaired) electrons. The highest BCUT2D eigenvalue weighted by atomic mass is 19.1. The zero-order chi connectivity index (χ0) is 18.4. The maximum absolute atomic E-state index is 14.5. The average Bonchev–Trinajstić information content (AvgIpc) is 3.28. The van der Waals surface area contributed by atoms with Gasteiger partial charge < -0.3 is 0 Å². The number of nitrogens with zero attached hydrogens (tertiary/aromatic N) is 7. The van der Waals surface area contributed by atoms with Gasteiger partial charge in [-0.3, -0.25) is 9.67 Å². The van der Waals surface area contributed by atoms with Crippen molar-refractivity contribution in [3.05, 3.63) is 72.2 Å². The van der Waals surface area contributed by atoms with Crippen LogP contribution in [0.4, 0.5) is 4.39 Å². The molecule has 1 aromatic carbocycles. The molecule has 0 atom stereocenters. The number of hydrogen-bond donors (Lipinski definition) is 0. The van der Waals surface area contributed by atoms with Crippen molar-refractivity contribution in [2.45, 2.75) is 6.42 Å². The van der Waals surface area contributed by atoms with Crippen LogP contribution >= 0.6 is 0 Å². The van der Waals surface area contributed by atoms with Crippen LogP contribution in [0.25, 0.3) is 27.8 Å². The fourth-order valence-corrected chi connectivity index (χ4v) is 3.10. The number of hydrogen-bond acceptors (Lipinski definition) is 5. The van der Waals surface area contributed by atoms with Crippen LogP contribution < -0.4 is 0 Å². The summed E-state index contributed by atoms with van der Waals surface area (Å²) in [6.45, 7) is 0. The lowest BCUT2D eigenvalue weighted by molar-refractivity contribution is 0.612. The number of benzene rings is 1. The number of rotatable bonds is 3. The van der Waals surface area contributed by atoms with Crippen LogP contribution in [0.15, 0.2) is 55.0 Å². The fraction of sp³-hybridized carbons (Fsp3) is 0.105. The molecule has 5 aromatic rings. The van der Waals surface area contributed by atoms with Gasteiger partial charge in [-0.05, 0) is 29.8 Å². The van der Waals surface area contributed by atoms with Crippen molar-refractivity contribution in [2.75, 3.05) is 0 Å². The van der Waals surface area contributed by atoms with Crippen molar-refractivity contribution in [1.82, 2.24) is 34.6 Å². The van der Waals surface area contributed by atoms with E-state index in [1.54, 1.807) is 27.7 Å². The highest BCUT2D eigenvalue weighted by Gasteiger charge is 2.13. The zero-order valence-electron chi connectivity index (χ0n) is 14.4. The smallest absolute Gasteiger partial charge is 0.177 e. The van der Waals surface area contributed by atoms with Crippen molar-refractivity contribution in [3.8, 4) is 11.3 Å². The molecule has 0 amide bonds. The molecule has 0 aliphatic heterocycles. The Kier molecular flexibility index (Phi) is 3.43. The molecule has 8 heteroatoms. The van der Waals surface area contributed by atoms with Gasteiger partial charge in [0.25, 0.3) is 0 Å². The Bertz CT molecular complexity index is 1290. The molecule has 4 aromatic heterocycles. The van der Waals surface area contributed by atoms with Gasteiger partial charge in [0.05, 0.1) is 17.4 Å². The predicted octanol–water partition coefficient (Wildman–Crippen LogP) is 2.80. The monoisotopic (exact) mass is 359 g/mol. The minimum atomic E-state index is -0.318. The topological polar surface area (TPSA) is 73.8 Å². The average molecular weight is 359 g/mol. The van der Waals surface area contributed by atoms with Gasteiger partial charge in [0.15, 0.2) is 11.5 Å². The molecule has 0 bridgehead atoms. The normalized spacial score (nSPS) is 11.5. The van der Waals surface area contributed by atoms with E-state index in [1.807, 2.05) is 37.5 Å². The third-order valence-electron chi connectivity index (χ3n) is 4.45. The molecule has 5 rings (SSSR count). The molecule has 132 valence electrons. The predicted molar refractivity (Wildman–Crippen MR) is 97.5 cm³/mol. The van der Waals surface area contributed by atoms with E-state index in [-0.39, 0.29) is 12.2 Å². The lowest BCUT2D eigenvalue weighted by Crippen LogP contribution is -2.03. The number of halogens is 1. The van der Waals surface area contributed by atoms with Gasteiger partial charge >= 0.3 is 0 Å². The lowest BCUT2D eigenvalue weighted by atomic mass is 10.1. The van der Waals surface area contributed by atoms with Gasteiger partial charge in [-0.2, -0.15) is 14.7 Å². The summed E-state index contributed by atoms with van der Waals surface area (Å²) >= 11 is 0. The minimum absolute atomic E-state index is 0.279. The van der Waals surface area contributed by atoms with E-state index < -0.39 is 0 Å². The second kappa shape index (κ2) is 5.94. The summed E-state index contributed by atoms with van der Waals surface area (Å²) in [5.74, 6) is 0.249. The quantitative estimate of drug-likeness (QED) is 0.495. The van der Waals surface area contributed by atoms with Crippen molar-refractivity contribution in [1.29, 1.82) is 0 Å². The van der Waals surface area contributed by atoms with E-state index in [9.17, 15) is 4.39 Å². The summed E-state index contributed by atoms with van der Waals surface area (Å²) in [5.41, 5.74) is 3.41. The standard InChI is InChI=1S/C19H14FN7/c1-26-11-14(10-22-26)16-4-5-18-23-24-19(27(18)25-16)8-13-7-12-3-2-6-21-17(12)9-15(13)20/h2-7,9-11H,8H2,1H3. The Labute approximate surface area is 153 Å². The van der Waals surface area contributed by atoms with E-state index in [4.69, 9.17) is 0 Å². The zero-order valence-corrected chi connectivity index (χ0v) is 14.4. The third-order valence-corrected chi connectivity index (χ3v) is 4.45. The van der Waals surface area contributed by atoms with Crippen LogP contribution in [0.1, 0.15) is 11.4 Å². The Morgan fingerprint density at radius 3 is 2.89 bits per heavy atom. The fourth-order valence-electron chi connectivity index (χ4n) is 3.10. The molecule has 0 unspecified atom stereocenters. The molecule has 7 nitrogen and oxygen atoms in total. The Morgan fingerprint density at radius 2 is 2.04 bits per heavy atom. The molecule has 0 spiro atoms. The molecule has 0 saturated heterocycles. The maximum Gasteiger partial charge on any atom is 0.177 e. The first-order valence-corrected chi connectivity index (χ1v) is 8.41. The van der Waals surface area contributed by atoms with E-state index in [1.165, 1.54) is 6.07 Å². The van der Waals surface area contributed by atoms with Gasteiger partial charge in [0, 0.05) is 42.9 Å². The van der Waals surface area contributed by atoms with Crippen molar-refractivity contribution in [3.63, 3.8) is 0 Å². The van der Waals surface area contributed by atoms with Crippen LogP contribution in [-0.4, -0.2) is 34.6 Å². The Morgan fingerprint density at radius 1 is 1.11 bits per heavy atom. The molecular formula is C19H14FN7. The number of aromatic nitrogens is 7. The van der Waals surface area contributed by atoms with Crippen LogP contribution in [-0.2, 0) is 13.5 Å².